The first kappa shape index (κ1) is 26.0. The monoisotopic (exact) mass is 502 g/mol. The molecule has 0 saturated carbocycles. The van der Waals surface area contributed by atoms with Gasteiger partial charge in [-0.2, -0.15) is 0 Å². The Bertz CT molecular complexity index is 1050. The summed E-state index contributed by atoms with van der Waals surface area (Å²) < 4.78 is 15.8. The topological polar surface area (TPSA) is 181 Å². The molecule has 11 heteroatoms. The van der Waals surface area contributed by atoms with Gasteiger partial charge in [0, 0.05) is 5.92 Å². The zero-order valence-corrected chi connectivity index (χ0v) is 19.6. The number of nitrogens with two attached hydrogens (primary N) is 1. The third-order valence-corrected chi connectivity index (χ3v) is 6.51. The number of amides is 1. The average molecular weight is 503 g/mol. The summed E-state index contributed by atoms with van der Waals surface area (Å²) in [7, 11) is 0. The Hall–Kier alpha value is -3.06. The number of nitrogens with one attached hydrogen (secondary N) is 1. The van der Waals surface area contributed by atoms with Crippen molar-refractivity contribution in [3.8, 4) is 11.1 Å². The van der Waals surface area contributed by atoms with Gasteiger partial charge in [-0.1, -0.05) is 48.5 Å². The predicted octanol–water partition coefficient (Wildman–Crippen LogP) is -0.416. The van der Waals surface area contributed by atoms with Gasteiger partial charge in [0.1, 0.15) is 24.9 Å². The molecule has 0 bridgehead atoms. The minimum absolute atomic E-state index is 0.000306. The highest BCUT2D eigenvalue weighted by atomic mass is 16.7. The summed E-state index contributed by atoms with van der Waals surface area (Å²) in [5.74, 6) is -1.30. The van der Waals surface area contributed by atoms with Crippen molar-refractivity contribution in [1.82, 2.24) is 5.32 Å². The highest BCUT2D eigenvalue weighted by Gasteiger charge is 2.45. The van der Waals surface area contributed by atoms with Crippen molar-refractivity contribution in [1.29, 1.82) is 0 Å². The van der Waals surface area contributed by atoms with Crippen LogP contribution < -0.4 is 11.1 Å². The molecule has 1 aliphatic carbocycles. The number of esters is 1. The second-order valence-corrected chi connectivity index (χ2v) is 8.91. The second-order valence-electron chi connectivity index (χ2n) is 8.91. The Balaban J connectivity index is 1.39. The first-order valence-electron chi connectivity index (χ1n) is 11.6. The van der Waals surface area contributed by atoms with Gasteiger partial charge in [0.2, 0.25) is 6.29 Å². The van der Waals surface area contributed by atoms with Crippen LogP contribution in [0.5, 0.6) is 0 Å². The molecule has 1 saturated heterocycles. The third kappa shape index (κ3) is 5.07. The van der Waals surface area contributed by atoms with Crippen molar-refractivity contribution in [2.45, 2.75) is 55.6 Å². The van der Waals surface area contributed by atoms with Crippen molar-refractivity contribution in [2.24, 2.45) is 5.73 Å². The van der Waals surface area contributed by atoms with E-state index >= 15 is 0 Å². The molecular formula is C25H30N2O9. The maximum atomic E-state index is 12.7. The fourth-order valence-electron chi connectivity index (χ4n) is 4.54. The summed E-state index contributed by atoms with van der Waals surface area (Å²) >= 11 is 0. The zero-order valence-electron chi connectivity index (χ0n) is 19.6. The van der Waals surface area contributed by atoms with Crippen molar-refractivity contribution >= 4 is 12.1 Å². The molecule has 0 aromatic heterocycles. The molecule has 2 aromatic rings. The molecule has 4 rings (SSSR count). The maximum absolute atomic E-state index is 12.7. The number of rotatable bonds is 7. The molecule has 2 aliphatic rings. The largest absolute Gasteiger partial charge is 0.449 e. The van der Waals surface area contributed by atoms with Gasteiger partial charge in [0.05, 0.1) is 18.8 Å². The average Bonchev–Trinajstić information content (AvgIpc) is 3.19. The quantitative estimate of drug-likeness (QED) is 0.272. The lowest BCUT2D eigenvalue weighted by Crippen LogP contribution is -2.63. The molecule has 1 fully saturated rings. The molecule has 194 valence electrons. The highest BCUT2D eigenvalue weighted by molar-refractivity contribution is 5.82. The van der Waals surface area contributed by atoms with Crippen LogP contribution in [0.15, 0.2) is 48.5 Å². The molecular weight excluding hydrogens is 472 g/mol. The SMILES string of the molecule is C[C@@H](O)[C@H](NC(=O)OCC1c2ccccc2-c2ccccc21)C(=O)OC1O[C@H](CO)[C@H](O)[C@H](O)[C@H]1N. The van der Waals surface area contributed by atoms with Crippen LogP contribution in [-0.2, 0) is 19.0 Å². The minimum Gasteiger partial charge on any atom is -0.449 e. The number of aliphatic hydroxyl groups is 4. The van der Waals surface area contributed by atoms with Crippen molar-refractivity contribution in [2.75, 3.05) is 13.2 Å². The number of benzene rings is 2. The summed E-state index contributed by atoms with van der Waals surface area (Å²) in [6.45, 7) is 0.615. The lowest BCUT2D eigenvalue weighted by molar-refractivity contribution is -0.260. The molecule has 1 amide bonds. The number of hydrogen-bond acceptors (Lipinski definition) is 10. The van der Waals surface area contributed by atoms with Crippen molar-refractivity contribution < 1.29 is 44.2 Å². The van der Waals surface area contributed by atoms with E-state index in [0.717, 1.165) is 22.3 Å². The van der Waals surface area contributed by atoms with E-state index in [1.165, 1.54) is 6.92 Å². The van der Waals surface area contributed by atoms with E-state index in [2.05, 4.69) is 5.32 Å². The number of ether oxygens (including phenoxy) is 3. The van der Waals surface area contributed by atoms with Crippen LogP contribution in [0.4, 0.5) is 4.79 Å². The summed E-state index contributed by atoms with van der Waals surface area (Å²) in [4.78, 5) is 25.3. The number of fused-ring (bicyclic) bond motifs is 3. The van der Waals surface area contributed by atoms with Gasteiger partial charge in [-0.15, -0.1) is 0 Å². The summed E-state index contributed by atoms with van der Waals surface area (Å²) in [6, 6.07) is 12.8. The number of aliphatic hydroxyl groups excluding tert-OH is 4. The predicted molar refractivity (Wildman–Crippen MR) is 126 cm³/mol. The number of carbonyl (C=O) groups is 2. The van der Waals surface area contributed by atoms with Crippen LogP contribution >= 0.6 is 0 Å². The fourth-order valence-corrected chi connectivity index (χ4v) is 4.54. The molecule has 1 heterocycles. The van der Waals surface area contributed by atoms with E-state index in [1.54, 1.807) is 0 Å². The van der Waals surface area contributed by atoms with E-state index in [0.29, 0.717) is 0 Å². The zero-order chi connectivity index (χ0) is 26.0. The Kier molecular flexibility index (Phi) is 7.88. The van der Waals surface area contributed by atoms with Crippen LogP contribution in [-0.4, -0.2) is 88.5 Å². The Labute approximate surface area is 207 Å². The summed E-state index contributed by atoms with van der Waals surface area (Å²) in [6.07, 6.45) is -8.10. The Morgan fingerprint density at radius 3 is 2.19 bits per heavy atom. The van der Waals surface area contributed by atoms with E-state index in [4.69, 9.17) is 19.9 Å². The van der Waals surface area contributed by atoms with E-state index in [1.807, 2.05) is 48.5 Å². The lowest BCUT2D eigenvalue weighted by Gasteiger charge is -2.40. The van der Waals surface area contributed by atoms with Crippen LogP contribution in [0.1, 0.15) is 24.0 Å². The molecule has 7 atom stereocenters. The third-order valence-electron chi connectivity index (χ3n) is 6.51. The number of alkyl carbamates (subject to hydrolysis) is 1. The van der Waals surface area contributed by atoms with E-state index < -0.39 is 61.5 Å². The smallest absolute Gasteiger partial charge is 0.407 e. The van der Waals surface area contributed by atoms with Crippen molar-refractivity contribution in [3.63, 3.8) is 0 Å². The molecule has 1 unspecified atom stereocenters. The first-order chi connectivity index (χ1) is 17.2. The van der Waals surface area contributed by atoms with E-state index in [9.17, 15) is 30.0 Å². The summed E-state index contributed by atoms with van der Waals surface area (Å²) in [5, 5.41) is 41.6. The van der Waals surface area contributed by atoms with E-state index in [-0.39, 0.29) is 12.5 Å². The molecule has 11 nitrogen and oxygen atoms in total. The fraction of sp³-hybridized carbons (Fsp3) is 0.440. The van der Waals surface area contributed by atoms with Crippen LogP contribution in [0.2, 0.25) is 0 Å². The van der Waals surface area contributed by atoms with Gasteiger partial charge in [0.25, 0.3) is 0 Å². The normalized spacial score (nSPS) is 26.9. The summed E-state index contributed by atoms with van der Waals surface area (Å²) in [5.41, 5.74) is 9.93. The molecule has 2 aromatic carbocycles. The Morgan fingerprint density at radius 2 is 1.64 bits per heavy atom. The minimum atomic E-state index is -1.53. The lowest BCUT2D eigenvalue weighted by atomic mass is 9.98. The molecule has 0 radical (unpaired) electrons. The first-order valence-corrected chi connectivity index (χ1v) is 11.6. The van der Waals surface area contributed by atoms with Crippen LogP contribution in [0.3, 0.4) is 0 Å². The van der Waals surface area contributed by atoms with Crippen molar-refractivity contribution in [3.05, 3.63) is 59.7 Å². The molecule has 36 heavy (non-hydrogen) atoms. The Morgan fingerprint density at radius 1 is 1.06 bits per heavy atom. The van der Waals surface area contributed by atoms with Crippen LogP contribution in [0, 0.1) is 0 Å². The maximum Gasteiger partial charge on any atom is 0.407 e. The van der Waals surface area contributed by atoms with Gasteiger partial charge >= 0.3 is 12.1 Å². The number of hydrogen-bond donors (Lipinski definition) is 6. The number of carbonyl (C=O) groups excluding carboxylic acids is 2. The van der Waals surface area contributed by atoms with Gasteiger partial charge in [-0.3, -0.25) is 0 Å². The second kappa shape index (κ2) is 10.9. The molecule has 7 N–H and O–H groups in total. The van der Waals surface area contributed by atoms with Crippen LogP contribution in [0.25, 0.3) is 11.1 Å². The molecule has 0 spiro atoms. The van der Waals surface area contributed by atoms with Gasteiger partial charge in [-0.25, -0.2) is 9.59 Å². The van der Waals surface area contributed by atoms with Gasteiger partial charge in [0.15, 0.2) is 6.04 Å². The van der Waals surface area contributed by atoms with Gasteiger partial charge < -0.3 is 45.7 Å². The van der Waals surface area contributed by atoms with Gasteiger partial charge in [-0.05, 0) is 29.2 Å². The standard InChI is InChI=1S/C25H30N2O9/c1-12(29)20(23(32)36-24-19(26)22(31)21(30)18(10-28)35-24)27-25(33)34-11-17-15-8-4-2-6-13(15)14-7-3-5-9-16(14)17/h2-9,12,17-22,24,28-31H,10-11,26H2,1H3,(H,27,33)/t12-,18-,19-,20+,21+,22-,24?/m1/s1. The highest BCUT2D eigenvalue weighted by Crippen LogP contribution is 2.44. The molecule has 1 aliphatic heterocycles.